The van der Waals surface area contributed by atoms with E-state index in [9.17, 15) is 4.79 Å². The van der Waals surface area contributed by atoms with E-state index in [1.165, 1.54) is 11.1 Å². The number of aliphatic imine (C=N–C) groups is 1. The number of carbonyl (C=O) groups excluding carboxylic acids is 1. The predicted molar refractivity (Wildman–Crippen MR) is 117 cm³/mol. The largest absolute Gasteiger partial charge is 0.313 e. The molecule has 6 nitrogen and oxygen atoms in total. The highest BCUT2D eigenvalue weighted by Crippen LogP contribution is 2.30. The smallest absolute Gasteiger partial charge is 0.212 e. The number of anilines is 1. The van der Waals surface area contributed by atoms with Crippen molar-refractivity contribution in [3.8, 4) is 5.69 Å². The van der Waals surface area contributed by atoms with Crippen molar-refractivity contribution in [3.63, 3.8) is 0 Å². The lowest BCUT2D eigenvalue weighted by atomic mass is 9.93. The summed E-state index contributed by atoms with van der Waals surface area (Å²) < 4.78 is 1.83. The monoisotopic (exact) mass is 389 g/mol. The van der Waals surface area contributed by atoms with Gasteiger partial charge in [0.25, 0.3) is 0 Å². The highest BCUT2D eigenvalue weighted by Gasteiger charge is 2.24. The molecule has 1 N–H and O–H groups in total. The molecular weight excluding hydrogens is 362 g/mol. The van der Waals surface area contributed by atoms with Crippen molar-refractivity contribution in [2.75, 3.05) is 25.0 Å². The van der Waals surface area contributed by atoms with E-state index in [2.05, 4.69) is 46.4 Å². The first-order chi connectivity index (χ1) is 14.2. The molecule has 0 aliphatic carbocycles. The lowest BCUT2D eigenvalue weighted by molar-refractivity contribution is -0.105. The van der Waals surface area contributed by atoms with E-state index in [-0.39, 0.29) is 0 Å². The summed E-state index contributed by atoms with van der Waals surface area (Å²) in [5.41, 5.74) is 4.61. The summed E-state index contributed by atoms with van der Waals surface area (Å²) in [4.78, 5) is 17.8. The zero-order valence-corrected chi connectivity index (χ0v) is 16.8. The number of nitrogens with zero attached hydrogens (tertiary/aromatic N) is 4. The van der Waals surface area contributed by atoms with Gasteiger partial charge in [-0.15, -0.1) is 0 Å². The number of piperidine rings is 1. The Kier molecular flexibility index (Phi) is 6.00. The molecule has 150 valence electrons. The van der Waals surface area contributed by atoms with Crippen molar-refractivity contribution in [3.05, 3.63) is 65.5 Å². The maximum absolute atomic E-state index is 11.1. The average Bonchev–Trinajstić information content (AvgIpc) is 2.98. The maximum atomic E-state index is 11.1. The van der Waals surface area contributed by atoms with Gasteiger partial charge in [0.05, 0.1) is 11.4 Å². The van der Waals surface area contributed by atoms with Crippen LogP contribution in [0.4, 0.5) is 5.82 Å². The number of hydrogen-bond acceptors (Lipinski definition) is 4. The van der Waals surface area contributed by atoms with Crippen molar-refractivity contribution in [1.82, 2.24) is 14.7 Å². The minimum atomic E-state index is 0.412. The van der Waals surface area contributed by atoms with Crippen molar-refractivity contribution in [1.29, 1.82) is 0 Å². The van der Waals surface area contributed by atoms with Gasteiger partial charge in [-0.3, -0.25) is 14.7 Å². The van der Waals surface area contributed by atoms with Gasteiger partial charge in [-0.1, -0.05) is 29.3 Å². The molecule has 6 heteroatoms. The predicted octanol–water partition coefficient (Wildman–Crippen LogP) is 3.84. The van der Waals surface area contributed by atoms with E-state index in [0.29, 0.717) is 12.3 Å². The van der Waals surface area contributed by atoms with Gasteiger partial charge in [-0.25, -0.2) is 4.68 Å². The normalized spacial score (nSPS) is 17.8. The average molecular weight is 390 g/mol. The summed E-state index contributed by atoms with van der Waals surface area (Å²) in [5, 5.41) is 7.65. The molecule has 4 rings (SSSR count). The van der Waals surface area contributed by atoms with Gasteiger partial charge >= 0.3 is 0 Å². The van der Waals surface area contributed by atoms with Gasteiger partial charge in [0.1, 0.15) is 5.82 Å². The van der Waals surface area contributed by atoms with E-state index in [1.807, 2.05) is 35.3 Å². The van der Waals surface area contributed by atoms with E-state index in [4.69, 9.17) is 5.10 Å². The first-order valence-corrected chi connectivity index (χ1v) is 10.2. The second-order valence-corrected chi connectivity index (χ2v) is 7.73. The third-order valence-electron chi connectivity index (χ3n) is 5.61. The van der Waals surface area contributed by atoms with Crippen LogP contribution in [0.2, 0.25) is 0 Å². The van der Waals surface area contributed by atoms with Crippen molar-refractivity contribution >= 4 is 18.4 Å². The number of benzene rings is 1. The Hall–Kier alpha value is -2.99. The number of hydrogen-bond donors (Lipinski definition) is 1. The topological polar surface area (TPSA) is 62.5 Å². The number of nitrogens with one attached hydrogen (secondary N) is 1. The second-order valence-electron chi connectivity index (χ2n) is 7.73. The molecule has 29 heavy (non-hydrogen) atoms. The van der Waals surface area contributed by atoms with Crippen LogP contribution < -0.4 is 5.32 Å². The van der Waals surface area contributed by atoms with Crippen LogP contribution in [0.5, 0.6) is 0 Å². The fraction of sp³-hybridized carbons (Fsp3) is 0.348. The summed E-state index contributed by atoms with van der Waals surface area (Å²) in [6.07, 6.45) is 11.8. The van der Waals surface area contributed by atoms with Crippen LogP contribution in [-0.2, 0) is 4.79 Å². The molecule has 0 bridgehead atoms. The van der Waals surface area contributed by atoms with Gasteiger partial charge in [0.15, 0.2) is 0 Å². The fourth-order valence-corrected chi connectivity index (χ4v) is 3.97. The molecule has 0 atom stereocenters. The summed E-state index contributed by atoms with van der Waals surface area (Å²) in [7, 11) is 0. The quantitative estimate of drug-likeness (QED) is 0.764. The van der Waals surface area contributed by atoms with Crippen LogP contribution in [0, 0.1) is 6.92 Å². The summed E-state index contributed by atoms with van der Waals surface area (Å²) in [6.45, 7) is 5.16. The number of allylic oxidation sites excluding steroid dienone is 2. The highest BCUT2D eigenvalue weighted by atomic mass is 16.1. The standard InChI is InChI=1S/C23H27N5O/c1-18-4-6-21(7-5-18)28-23(25-17-29)15-22(26-28)20-9-13-27(14-10-20)16-19-3-2-11-24-12-8-19/h2,4-8,11-12,15,17,20H,3,9-10,13-14,16H2,1H3,(H,25,29). The van der Waals surface area contributed by atoms with Gasteiger partial charge in [0, 0.05) is 30.9 Å². The zero-order valence-electron chi connectivity index (χ0n) is 16.8. The number of amides is 1. The molecular formula is C23H27N5O. The second kappa shape index (κ2) is 9.01. The fourth-order valence-electron chi connectivity index (χ4n) is 3.97. The molecule has 1 amide bonds. The molecule has 1 saturated heterocycles. The molecule has 0 radical (unpaired) electrons. The molecule has 1 fully saturated rings. The molecule has 0 saturated carbocycles. The maximum Gasteiger partial charge on any atom is 0.212 e. The molecule has 2 aliphatic rings. The first kappa shape index (κ1) is 19.3. The van der Waals surface area contributed by atoms with Crippen molar-refractivity contribution in [2.45, 2.75) is 32.1 Å². The zero-order chi connectivity index (χ0) is 20.1. The lowest BCUT2D eigenvalue weighted by Gasteiger charge is -2.31. The number of aromatic nitrogens is 2. The molecule has 3 heterocycles. The molecule has 0 spiro atoms. The minimum absolute atomic E-state index is 0.412. The Morgan fingerprint density at radius 1 is 1.21 bits per heavy atom. The summed E-state index contributed by atoms with van der Waals surface area (Å²) in [6, 6.07) is 10.2. The number of rotatable bonds is 6. The lowest BCUT2D eigenvalue weighted by Crippen LogP contribution is -2.34. The number of aryl methyl sites for hydroxylation is 1. The van der Waals surface area contributed by atoms with Crippen LogP contribution in [-0.4, -0.2) is 46.9 Å². The van der Waals surface area contributed by atoms with Crippen molar-refractivity contribution in [2.24, 2.45) is 4.99 Å². The van der Waals surface area contributed by atoms with Gasteiger partial charge in [-0.05, 0) is 57.5 Å². The molecule has 2 aliphatic heterocycles. The third-order valence-corrected chi connectivity index (χ3v) is 5.61. The Balaban J connectivity index is 1.44. The Labute approximate surface area is 171 Å². The molecule has 1 aromatic heterocycles. The van der Waals surface area contributed by atoms with Crippen LogP contribution in [0.25, 0.3) is 5.69 Å². The Morgan fingerprint density at radius 2 is 2.00 bits per heavy atom. The first-order valence-electron chi connectivity index (χ1n) is 10.2. The van der Waals surface area contributed by atoms with Gasteiger partial charge < -0.3 is 5.32 Å². The Bertz CT molecular complexity index is 931. The highest BCUT2D eigenvalue weighted by molar-refractivity contribution is 5.73. The van der Waals surface area contributed by atoms with E-state index >= 15 is 0 Å². The summed E-state index contributed by atoms with van der Waals surface area (Å²) in [5.74, 6) is 1.13. The number of carbonyl (C=O) groups is 1. The summed E-state index contributed by atoms with van der Waals surface area (Å²) >= 11 is 0. The van der Waals surface area contributed by atoms with E-state index < -0.39 is 0 Å². The van der Waals surface area contributed by atoms with Gasteiger partial charge in [0.2, 0.25) is 6.41 Å². The van der Waals surface area contributed by atoms with E-state index in [0.717, 1.165) is 56.1 Å². The Morgan fingerprint density at radius 3 is 2.76 bits per heavy atom. The van der Waals surface area contributed by atoms with Crippen molar-refractivity contribution < 1.29 is 4.79 Å². The van der Waals surface area contributed by atoms with Crippen LogP contribution in [0.3, 0.4) is 0 Å². The van der Waals surface area contributed by atoms with Crippen LogP contribution >= 0.6 is 0 Å². The molecule has 2 aromatic rings. The molecule has 1 aromatic carbocycles. The van der Waals surface area contributed by atoms with Gasteiger partial charge in [-0.2, -0.15) is 5.10 Å². The molecule has 0 unspecified atom stereocenters. The SMILES string of the molecule is Cc1ccc(-n2nc(C3CCN(CC4=CC=NC=CC4)CC3)cc2NC=O)cc1. The van der Waals surface area contributed by atoms with E-state index in [1.54, 1.807) is 0 Å². The third kappa shape index (κ3) is 4.71. The number of likely N-dealkylation sites (tertiary alicyclic amines) is 1. The van der Waals surface area contributed by atoms with Crippen LogP contribution in [0.1, 0.15) is 36.4 Å². The van der Waals surface area contributed by atoms with Crippen LogP contribution in [0.15, 0.2) is 59.2 Å². The minimum Gasteiger partial charge on any atom is -0.313 e.